The molecule has 6 nitrogen and oxygen atoms in total. The number of carbonyl (C=O) groups excluding carboxylic acids is 1. The quantitative estimate of drug-likeness (QED) is 0.849. The number of ether oxygens (including phenoxy) is 1. The summed E-state index contributed by atoms with van der Waals surface area (Å²) < 4.78 is 5.11. The van der Waals surface area contributed by atoms with Gasteiger partial charge < -0.3 is 4.74 Å². The number of pyridine rings is 1. The van der Waals surface area contributed by atoms with Gasteiger partial charge in [0.2, 0.25) is 0 Å². The van der Waals surface area contributed by atoms with Crippen LogP contribution in [-0.2, 0) is 11.3 Å². The van der Waals surface area contributed by atoms with Crippen LogP contribution in [0.15, 0.2) is 29.8 Å². The van der Waals surface area contributed by atoms with Gasteiger partial charge in [-0.25, -0.2) is 15.2 Å². The predicted molar refractivity (Wildman–Crippen MR) is 81.6 cm³/mol. The molecule has 1 amide bonds. The summed E-state index contributed by atoms with van der Waals surface area (Å²) in [5.74, 6) is 0. The maximum absolute atomic E-state index is 11.5. The largest absolute Gasteiger partial charge is 0.443 e. The number of aromatic nitrogens is 2. The van der Waals surface area contributed by atoms with Crippen LogP contribution in [0.1, 0.15) is 26.5 Å². The molecule has 0 atom stereocenters. The summed E-state index contributed by atoms with van der Waals surface area (Å²) in [6.45, 7) is 5.85. The molecule has 2 aromatic rings. The maximum atomic E-state index is 11.5. The molecule has 21 heavy (non-hydrogen) atoms. The first kappa shape index (κ1) is 15.4. The van der Waals surface area contributed by atoms with Crippen LogP contribution >= 0.6 is 11.3 Å². The summed E-state index contributed by atoms with van der Waals surface area (Å²) in [6, 6.07) is 5.70. The Bertz CT molecular complexity index is 593. The Hall–Kier alpha value is -1.99. The predicted octanol–water partition coefficient (Wildman–Crippen LogP) is 2.73. The third kappa shape index (κ3) is 5.13. The molecular formula is C14H18N4O2S. The fourth-order valence-electron chi connectivity index (χ4n) is 1.51. The van der Waals surface area contributed by atoms with E-state index in [9.17, 15) is 4.79 Å². The fraction of sp³-hybridized carbons (Fsp3) is 0.357. The minimum atomic E-state index is -0.515. The standard InChI is InChI=1S/C14H18N4O2S/c1-14(2,3)20-13(19)18-16-8-10-9-21-12(17-10)11-6-4-5-7-15-11/h4-7,9,16H,8H2,1-3H3,(H,18,19). The molecule has 112 valence electrons. The Morgan fingerprint density at radius 3 is 2.86 bits per heavy atom. The molecule has 2 heterocycles. The van der Waals surface area contributed by atoms with Crippen molar-refractivity contribution in [3.05, 3.63) is 35.5 Å². The highest BCUT2D eigenvalue weighted by Crippen LogP contribution is 2.20. The molecule has 0 aliphatic rings. The lowest BCUT2D eigenvalue weighted by Gasteiger charge is -2.19. The minimum Gasteiger partial charge on any atom is -0.443 e. The van der Waals surface area contributed by atoms with E-state index >= 15 is 0 Å². The van der Waals surface area contributed by atoms with Gasteiger partial charge in [-0.1, -0.05) is 6.07 Å². The van der Waals surface area contributed by atoms with E-state index in [0.717, 1.165) is 16.4 Å². The van der Waals surface area contributed by atoms with Crippen LogP contribution in [0.5, 0.6) is 0 Å². The Morgan fingerprint density at radius 1 is 1.38 bits per heavy atom. The Labute approximate surface area is 127 Å². The van der Waals surface area contributed by atoms with Gasteiger partial charge in [-0.15, -0.1) is 11.3 Å². The Balaban J connectivity index is 1.83. The molecule has 0 radical (unpaired) electrons. The number of hydrogen-bond donors (Lipinski definition) is 2. The molecule has 7 heteroatoms. The van der Waals surface area contributed by atoms with Crippen molar-refractivity contribution in [1.82, 2.24) is 20.8 Å². The van der Waals surface area contributed by atoms with Crippen molar-refractivity contribution in [2.75, 3.05) is 0 Å². The second-order valence-corrected chi connectivity index (χ2v) is 6.20. The van der Waals surface area contributed by atoms with E-state index in [2.05, 4.69) is 20.8 Å². The molecule has 2 rings (SSSR count). The summed E-state index contributed by atoms with van der Waals surface area (Å²) in [5.41, 5.74) is 6.42. The summed E-state index contributed by atoms with van der Waals surface area (Å²) in [5, 5.41) is 2.78. The van der Waals surface area contributed by atoms with Crippen LogP contribution in [0.3, 0.4) is 0 Å². The molecule has 0 aliphatic heterocycles. The van der Waals surface area contributed by atoms with Crippen molar-refractivity contribution in [3.63, 3.8) is 0 Å². The normalized spacial score (nSPS) is 11.2. The van der Waals surface area contributed by atoms with E-state index in [0.29, 0.717) is 6.54 Å². The number of hydrogen-bond acceptors (Lipinski definition) is 6. The SMILES string of the molecule is CC(C)(C)OC(=O)NNCc1csc(-c2ccccn2)n1. The molecule has 0 bridgehead atoms. The topological polar surface area (TPSA) is 76.1 Å². The molecule has 2 aromatic heterocycles. The zero-order chi connectivity index (χ0) is 15.3. The van der Waals surface area contributed by atoms with E-state index in [1.165, 1.54) is 11.3 Å². The highest BCUT2D eigenvalue weighted by molar-refractivity contribution is 7.13. The van der Waals surface area contributed by atoms with E-state index in [1.54, 1.807) is 6.20 Å². The highest BCUT2D eigenvalue weighted by Gasteiger charge is 2.15. The van der Waals surface area contributed by atoms with Crippen LogP contribution in [0.4, 0.5) is 4.79 Å². The molecule has 0 unspecified atom stereocenters. The number of nitrogens with one attached hydrogen (secondary N) is 2. The maximum Gasteiger partial charge on any atom is 0.422 e. The van der Waals surface area contributed by atoms with Gasteiger partial charge in [-0.3, -0.25) is 10.4 Å². The Kier molecular flexibility index (Phi) is 4.87. The zero-order valence-corrected chi connectivity index (χ0v) is 13.0. The molecule has 0 saturated carbocycles. The molecule has 0 fully saturated rings. The average Bonchev–Trinajstić information content (AvgIpc) is 2.86. The average molecular weight is 306 g/mol. The summed E-state index contributed by atoms with van der Waals surface area (Å²) in [6.07, 6.45) is 1.22. The van der Waals surface area contributed by atoms with Crippen molar-refractivity contribution in [3.8, 4) is 10.7 Å². The first-order valence-electron chi connectivity index (χ1n) is 6.52. The number of rotatable bonds is 4. The summed E-state index contributed by atoms with van der Waals surface area (Å²) in [7, 11) is 0. The van der Waals surface area contributed by atoms with Crippen LogP contribution in [-0.4, -0.2) is 21.7 Å². The first-order valence-corrected chi connectivity index (χ1v) is 7.40. The minimum absolute atomic E-state index is 0.419. The third-order valence-corrected chi connectivity index (χ3v) is 3.21. The monoisotopic (exact) mass is 306 g/mol. The molecule has 0 aliphatic carbocycles. The van der Waals surface area contributed by atoms with Gasteiger partial charge >= 0.3 is 6.09 Å². The zero-order valence-electron chi connectivity index (χ0n) is 12.2. The van der Waals surface area contributed by atoms with Gasteiger partial charge in [0.1, 0.15) is 10.6 Å². The van der Waals surface area contributed by atoms with E-state index in [4.69, 9.17) is 4.74 Å². The van der Waals surface area contributed by atoms with Gasteiger partial charge in [0.25, 0.3) is 0 Å². The molecule has 0 aromatic carbocycles. The number of nitrogens with zero attached hydrogens (tertiary/aromatic N) is 2. The summed E-state index contributed by atoms with van der Waals surface area (Å²) in [4.78, 5) is 20.2. The van der Waals surface area contributed by atoms with Crippen LogP contribution in [0.25, 0.3) is 10.7 Å². The second kappa shape index (κ2) is 6.64. The van der Waals surface area contributed by atoms with Gasteiger partial charge in [0.15, 0.2) is 0 Å². The number of carbonyl (C=O) groups is 1. The van der Waals surface area contributed by atoms with Gasteiger partial charge in [-0.05, 0) is 32.9 Å². The molecule has 0 saturated heterocycles. The third-order valence-electron chi connectivity index (χ3n) is 2.29. The van der Waals surface area contributed by atoms with Crippen molar-refractivity contribution in [1.29, 1.82) is 0 Å². The van der Waals surface area contributed by atoms with Crippen molar-refractivity contribution >= 4 is 17.4 Å². The van der Waals surface area contributed by atoms with Crippen molar-refractivity contribution < 1.29 is 9.53 Å². The summed E-state index contributed by atoms with van der Waals surface area (Å²) >= 11 is 1.51. The van der Waals surface area contributed by atoms with Crippen molar-refractivity contribution in [2.45, 2.75) is 32.9 Å². The number of hydrazine groups is 1. The molecular weight excluding hydrogens is 288 g/mol. The van der Waals surface area contributed by atoms with Crippen LogP contribution in [0.2, 0.25) is 0 Å². The first-order chi connectivity index (χ1) is 9.94. The van der Waals surface area contributed by atoms with Crippen molar-refractivity contribution in [2.24, 2.45) is 0 Å². The van der Waals surface area contributed by atoms with Gasteiger partial charge in [0, 0.05) is 11.6 Å². The lowest BCUT2D eigenvalue weighted by Crippen LogP contribution is -2.40. The number of amides is 1. The van der Waals surface area contributed by atoms with E-state index in [-0.39, 0.29) is 0 Å². The molecule has 2 N–H and O–H groups in total. The lowest BCUT2D eigenvalue weighted by molar-refractivity contribution is 0.0497. The van der Waals surface area contributed by atoms with E-state index < -0.39 is 11.7 Å². The molecule has 0 spiro atoms. The fourth-order valence-corrected chi connectivity index (χ4v) is 2.30. The van der Waals surface area contributed by atoms with E-state index in [1.807, 2.05) is 44.4 Å². The van der Waals surface area contributed by atoms with Crippen LogP contribution in [0, 0.1) is 0 Å². The lowest BCUT2D eigenvalue weighted by atomic mass is 10.2. The van der Waals surface area contributed by atoms with Gasteiger partial charge in [0.05, 0.1) is 17.9 Å². The van der Waals surface area contributed by atoms with Gasteiger partial charge in [-0.2, -0.15) is 0 Å². The van der Waals surface area contributed by atoms with Crippen LogP contribution < -0.4 is 10.9 Å². The smallest absolute Gasteiger partial charge is 0.422 e. The Morgan fingerprint density at radius 2 is 2.19 bits per heavy atom. The number of thiazole rings is 1. The second-order valence-electron chi connectivity index (χ2n) is 5.34. The highest BCUT2D eigenvalue weighted by atomic mass is 32.1.